The number of aromatic nitrogens is 3. The molecule has 218 valence electrons. The summed E-state index contributed by atoms with van der Waals surface area (Å²) in [4.78, 5) is 15.8. The van der Waals surface area contributed by atoms with Crippen molar-refractivity contribution in [2.75, 3.05) is 30.7 Å². The fraction of sp³-hybridized carbons (Fsp3) is 0.250. The van der Waals surface area contributed by atoms with E-state index in [1.54, 1.807) is 47.6 Å². The van der Waals surface area contributed by atoms with Crippen LogP contribution in [0.1, 0.15) is 24.5 Å². The number of fused-ring (bicyclic) bond motifs is 1. The molecule has 6 rings (SSSR count). The minimum Gasteiger partial charge on any atom is -0.453 e. The van der Waals surface area contributed by atoms with Gasteiger partial charge in [-0.25, -0.2) is 27.1 Å². The number of thiophene rings is 1. The van der Waals surface area contributed by atoms with Crippen LogP contribution < -0.4 is 15.8 Å². The summed E-state index contributed by atoms with van der Waals surface area (Å²) in [5.74, 6) is 1.21. The number of benzene rings is 1. The fourth-order valence-corrected chi connectivity index (χ4v) is 8.67. The van der Waals surface area contributed by atoms with Crippen LogP contribution in [0.3, 0.4) is 0 Å². The molecule has 0 spiro atoms. The van der Waals surface area contributed by atoms with Gasteiger partial charge in [-0.1, -0.05) is 11.8 Å². The molecule has 0 atom stereocenters. The smallest absolute Gasteiger partial charge is 0.215 e. The number of nitrogens with zero attached hydrogens (tertiary/aromatic N) is 4. The highest BCUT2D eigenvalue weighted by atomic mass is 32.2. The molecule has 0 unspecified atom stereocenters. The van der Waals surface area contributed by atoms with Crippen molar-refractivity contribution >= 4 is 65.6 Å². The minimum absolute atomic E-state index is 0.0318. The molecule has 0 saturated carbocycles. The summed E-state index contributed by atoms with van der Waals surface area (Å²) in [5.41, 5.74) is 7.34. The lowest BCUT2D eigenvalue weighted by atomic mass is 9.95. The number of pyridine rings is 2. The molecular weight excluding hydrogens is 616 g/mol. The standard InChI is InChI=1S/C28H27FN6O3S4/c29-19-1-3-20(4-2-19)38-24-15-21(41-25-5-10-31-22-8-13-39-26(22)25)16-32-27(24)34-28-33-23(17-40-28)18-6-11-35(12-7-18)42(36,37)14-9-30/h1-5,8,10,13,15-18H,6-7,9,11-12,14,30H2,(H,32,33,34). The number of sulfonamides is 1. The summed E-state index contributed by atoms with van der Waals surface area (Å²) in [5, 5.41) is 7.95. The molecule has 1 saturated heterocycles. The van der Waals surface area contributed by atoms with Crippen molar-refractivity contribution < 1.29 is 17.5 Å². The number of anilines is 2. The van der Waals surface area contributed by atoms with E-state index in [0.717, 1.165) is 25.7 Å². The van der Waals surface area contributed by atoms with E-state index in [9.17, 15) is 12.8 Å². The first kappa shape index (κ1) is 29.0. The number of hydrogen-bond acceptors (Lipinski definition) is 11. The first-order valence-electron chi connectivity index (χ1n) is 13.2. The molecule has 0 amide bonds. The van der Waals surface area contributed by atoms with Gasteiger partial charge in [0.15, 0.2) is 16.7 Å². The maximum absolute atomic E-state index is 13.5. The van der Waals surface area contributed by atoms with Crippen LogP contribution in [-0.4, -0.2) is 53.1 Å². The van der Waals surface area contributed by atoms with Crippen LogP contribution >= 0.6 is 34.4 Å². The lowest BCUT2D eigenvalue weighted by Gasteiger charge is -2.30. The number of hydrogen-bond donors (Lipinski definition) is 2. The Hall–Kier alpha value is -3.14. The third kappa shape index (κ3) is 6.58. The van der Waals surface area contributed by atoms with Gasteiger partial charge in [0.1, 0.15) is 11.6 Å². The molecule has 5 aromatic rings. The van der Waals surface area contributed by atoms with Gasteiger partial charge in [-0.3, -0.25) is 4.98 Å². The van der Waals surface area contributed by atoms with E-state index in [4.69, 9.17) is 15.5 Å². The average Bonchev–Trinajstić information content (AvgIpc) is 3.66. The van der Waals surface area contributed by atoms with Crippen molar-refractivity contribution in [3.63, 3.8) is 0 Å². The second-order valence-corrected chi connectivity index (χ2v) is 14.6. The van der Waals surface area contributed by atoms with Crippen molar-refractivity contribution in [1.29, 1.82) is 0 Å². The summed E-state index contributed by atoms with van der Waals surface area (Å²) in [7, 11) is -3.31. The molecule has 1 aliphatic heterocycles. The number of rotatable bonds is 10. The van der Waals surface area contributed by atoms with E-state index < -0.39 is 10.0 Å². The molecule has 42 heavy (non-hydrogen) atoms. The zero-order valence-electron chi connectivity index (χ0n) is 22.3. The highest BCUT2D eigenvalue weighted by Gasteiger charge is 2.29. The van der Waals surface area contributed by atoms with Crippen LogP contribution in [0.2, 0.25) is 0 Å². The highest BCUT2D eigenvalue weighted by molar-refractivity contribution is 7.99. The summed E-state index contributed by atoms with van der Waals surface area (Å²) >= 11 is 4.65. The van der Waals surface area contributed by atoms with Crippen LogP contribution in [0.25, 0.3) is 10.2 Å². The Morgan fingerprint density at radius 2 is 1.93 bits per heavy atom. The summed E-state index contributed by atoms with van der Waals surface area (Å²) in [6.07, 6.45) is 4.96. The van der Waals surface area contributed by atoms with Crippen molar-refractivity contribution in [3.05, 3.63) is 77.1 Å². The molecule has 0 radical (unpaired) electrons. The molecule has 9 nitrogen and oxygen atoms in total. The Balaban J connectivity index is 1.21. The number of halogens is 1. The van der Waals surface area contributed by atoms with Gasteiger partial charge in [-0.15, -0.1) is 22.7 Å². The van der Waals surface area contributed by atoms with Gasteiger partial charge < -0.3 is 15.8 Å². The van der Waals surface area contributed by atoms with Crippen molar-refractivity contribution in [2.45, 2.75) is 28.6 Å². The molecule has 1 aromatic carbocycles. The first-order valence-corrected chi connectivity index (χ1v) is 17.4. The molecule has 3 N–H and O–H groups in total. The Morgan fingerprint density at radius 3 is 2.71 bits per heavy atom. The third-order valence-corrected chi connectivity index (χ3v) is 11.6. The molecule has 0 aliphatic carbocycles. The second kappa shape index (κ2) is 12.6. The molecule has 1 aliphatic rings. The number of nitrogens with one attached hydrogen (secondary N) is 1. The van der Waals surface area contributed by atoms with Crippen LogP contribution in [0.4, 0.5) is 15.3 Å². The van der Waals surface area contributed by atoms with Crippen molar-refractivity contribution in [3.8, 4) is 11.5 Å². The van der Waals surface area contributed by atoms with Crippen molar-refractivity contribution in [2.24, 2.45) is 5.73 Å². The molecule has 14 heteroatoms. The van der Waals surface area contributed by atoms with Gasteiger partial charge in [0.25, 0.3) is 0 Å². The van der Waals surface area contributed by atoms with E-state index in [1.165, 1.54) is 27.8 Å². The summed E-state index contributed by atoms with van der Waals surface area (Å²) < 4.78 is 47.1. The molecule has 1 fully saturated rings. The minimum atomic E-state index is -3.31. The van der Waals surface area contributed by atoms with E-state index in [-0.39, 0.29) is 24.0 Å². The lowest BCUT2D eigenvalue weighted by Crippen LogP contribution is -2.40. The van der Waals surface area contributed by atoms with Crippen LogP contribution in [0, 0.1) is 5.82 Å². The Morgan fingerprint density at radius 1 is 1.12 bits per heavy atom. The van der Waals surface area contributed by atoms with Gasteiger partial charge in [-0.05, 0) is 54.6 Å². The third-order valence-electron chi connectivity index (χ3n) is 6.79. The number of piperidine rings is 1. The maximum atomic E-state index is 13.5. The second-order valence-electron chi connectivity index (χ2n) is 9.60. The van der Waals surface area contributed by atoms with Gasteiger partial charge >= 0.3 is 0 Å². The van der Waals surface area contributed by atoms with E-state index in [0.29, 0.717) is 48.4 Å². The number of nitrogens with two attached hydrogens (primary N) is 1. The van der Waals surface area contributed by atoms with Crippen LogP contribution in [-0.2, 0) is 10.0 Å². The SMILES string of the molecule is NCCS(=O)(=O)N1CCC(c2csc(Nc3ncc(Sc4ccnc5ccsc45)cc3Oc3ccc(F)cc3)n2)CC1. The van der Waals surface area contributed by atoms with E-state index >= 15 is 0 Å². The normalized spacial score (nSPS) is 14.8. The fourth-order valence-electron chi connectivity index (χ4n) is 4.68. The van der Waals surface area contributed by atoms with Gasteiger partial charge in [0, 0.05) is 59.2 Å². The topological polar surface area (TPSA) is 123 Å². The predicted molar refractivity (Wildman–Crippen MR) is 166 cm³/mol. The average molecular weight is 643 g/mol. The first-order chi connectivity index (χ1) is 20.4. The summed E-state index contributed by atoms with van der Waals surface area (Å²) in [6, 6.07) is 11.7. The molecule has 4 aromatic heterocycles. The van der Waals surface area contributed by atoms with Gasteiger partial charge in [-0.2, -0.15) is 0 Å². The van der Waals surface area contributed by atoms with E-state index in [2.05, 4.69) is 15.3 Å². The largest absolute Gasteiger partial charge is 0.453 e. The Labute approximate surface area is 255 Å². The zero-order chi connectivity index (χ0) is 29.1. The van der Waals surface area contributed by atoms with Crippen LogP contribution in [0.5, 0.6) is 11.5 Å². The maximum Gasteiger partial charge on any atom is 0.215 e. The van der Waals surface area contributed by atoms with E-state index in [1.807, 2.05) is 29.0 Å². The lowest BCUT2D eigenvalue weighted by molar-refractivity contribution is 0.317. The van der Waals surface area contributed by atoms with Crippen molar-refractivity contribution in [1.82, 2.24) is 19.3 Å². The molecule has 5 heterocycles. The summed E-state index contributed by atoms with van der Waals surface area (Å²) in [6.45, 7) is 1.03. The highest BCUT2D eigenvalue weighted by Crippen LogP contribution is 2.40. The zero-order valence-corrected chi connectivity index (χ0v) is 25.5. The Bertz CT molecular complexity index is 1790. The quantitative estimate of drug-likeness (QED) is 0.177. The van der Waals surface area contributed by atoms with Crippen LogP contribution in [0.15, 0.2) is 75.4 Å². The molecular formula is C28H27FN6O3S4. The number of ether oxygens (including phenoxy) is 1. The van der Waals surface area contributed by atoms with Gasteiger partial charge in [0.05, 0.1) is 21.7 Å². The van der Waals surface area contributed by atoms with Gasteiger partial charge in [0.2, 0.25) is 10.0 Å². The molecule has 0 bridgehead atoms. The monoisotopic (exact) mass is 642 g/mol. The predicted octanol–water partition coefficient (Wildman–Crippen LogP) is 6.44. The number of thiazole rings is 1. The Kier molecular flexibility index (Phi) is 8.70.